The van der Waals surface area contributed by atoms with Crippen LogP contribution in [0.4, 0.5) is 5.82 Å². The number of hydrogen-bond donors (Lipinski definition) is 1. The van der Waals surface area contributed by atoms with Crippen LogP contribution in [-0.2, 0) is 6.54 Å². The van der Waals surface area contributed by atoms with Gasteiger partial charge in [-0.15, -0.1) is 0 Å². The van der Waals surface area contributed by atoms with Crippen LogP contribution in [0.15, 0.2) is 41.0 Å². The molecule has 0 aliphatic carbocycles. The SMILES string of the molecule is O=[N+]([O-])c1nn(CC(CS)c2ccccc2)cc1Br. The smallest absolute Gasteiger partial charge is 0.358 e. The second kappa shape index (κ2) is 6.21. The van der Waals surface area contributed by atoms with Crippen molar-refractivity contribution >= 4 is 34.4 Å². The molecule has 100 valence electrons. The third-order valence-corrected chi connectivity index (χ3v) is 3.77. The van der Waals surface area contributed by atoms with Crippen molar-refractivity contribution in [1.82, 2.24) is 9.78 Å². The van der Waals surface area contributed by atoms with Crippen molar-refractivity contribution in [2.75, 3.05) is 5.75 Å². The maximum atomic E-state index is 10.7. The molecule has 0 spiro atoms. The van der Waals surface area contributed by atoms with E-state index in [0.717, 1.165) is 5.56 Å². The molecule has 1 atom stereocenters. The lowest BCUT2D eigenvalue weighted by Crippen LogP contribution is -2.11. The number of benzene rings is 1. The molecule has 5 nitrogen and oxygen atoms in total. The third-order valence-electron chi connectivity index (χ3n) is 2.77. The topological polar surface area (TPSA) is 61.0 Å². The Morgan fingerprint density at radius 3 is 2.63 bits per heavy atom. The van der Waals surface area contributed by atoms with Gasteiger partial charge in [-0.1, -0.05) is 30.3 Å². The summed E-state index contributed by atoms with van der Waals surface area (Å²) < 4.78 is 1.97. The molecule has 0 N–H and O–H groups in total. The highest BCUT2D eigenvalue weighted by Gasteiger charge is 2.20. The summed E-state index contributed by atoms with van der Waals surface area (Å²) in [5.74, 6) is 0.650. The normalized spacial score (nSPS) is 12.3. The van der Waals surface area contributed by atoms with Gasteiger partial charge >= 0.3 is 5.82 Å². The predicted octanol–water partition coefficient (Wildman–Crippen LogP) is 3.27. The molecule has 1 heterocycles. The molecule has 1 aromatic heterocycles. The molecule has 0 aliphatic heterocycles. The van der Waals surface area contributed by atoms with E-state index in [1.54, 1.807) is 10.9 Å². The molecule has 0 aliphatic rings. The molecule has 0 bridgehead atoms. The van der Waals surface area contributed by atoms with Gasteiger partial charge in [-0.25, -0.2) is 0 Å². The monoisotopic (exact) mass is 341 g/mol. The summed E-state index contributed by atoms with van der Waals surface area (Å²) in [5, 5.41) is 14.7. The fraction of sp³-hybridized carbons (Fsp3) is 0.250. The van der Waals surface area contributed by atoms with Gasteiger partial charge in [0.15, 0.2) is 0 Å². The first-order valence-corrected chi connectivity index (χ1v) is 7.07. The zero-order valence-electron chi connectivity index (χ0n) is 9.94. The summed E-state index contributed by atoms with van der Waals surface area (Å²) in [6.07, 6.45) is 1.62. The van der Waals surface area contributed by atoms with Crippen molar-refractivity contribution in [2.45, 2.75) is 12.5 Å². The fourth-order valence-electron chi connectivity index (χ4n) is 1.82. The molecule has 2 aromatic rings. The van der Waals surface area contributed by atoms with Crippen molar-refractivity contribution in [3.63, 3.8) is 0 Å². The maximum absolute atomic E-state index is 10.7. The summed E-state index contributed by atoms with van der Waals surface area (Å²) in [6.45, 7) is 0.556. The van der Waals surface area contributed by atoms with E-state index in [0.29, 0.717) is 16.8 Å². The molecule has 1 aromatic carbocycles. The minimum atomic E-state index is -0.501. The summed E-state index contributed by atoms with van der Waals surface area (Å²) in [7, 11) is 0. The molecule has 1 unspecified atom stereocenters. The lowest BCUT2D eigenvalue weighted by molar-refractivity contribution is -0.390. The van der Waals surface area contributed by atoms with Gasteiger partial charge in [0.2, 0.25) is 0 Å². The number of hydrogen-bond acceptors (Lipinski definition) is 4. The van der Waals surface area contributed by atoms with Crippen LogP contribution < -0.4 is 0 Å². The van der Waals surface area contributed by atoms with E-state index < -0.39 is 4.92 Å². The van der Waals surface area contributed by atoms with E-state index >= 15 is 0 Å². The quantitative estimate of drug-likeness (QED) is 0.515. The number of halogens is 1. The summed E-state index contributed by atoms with van der Waals surface area (Å²) in [6, 6.07) is 9.93. The van der Waals surface area contributed by atoms with Gasteiger partial charge in [0.05, 0.1) is 17.8 Å². The lowest BCUT2D eigenvalue weighted by atomic mass is 10.0. The van der Waals surface area contributed by atoms with Crippen molar-refractivity contribution in [3.8, 4) is 0 Å². The van der Waals surface area contributed by atoms with Gasteiger partial charge < -0.3 is 10.1 Å². The standard InChI is InChI=1S/C12H12BrN3O2S/c13-11-7-15(14-12(11)16(17)18)6-10(8-19)9-4-2-1-3-5-9/h1-5,7,10,19H,6,8H2. The summed E-state index contributed by atoms with van der Waals surface area (Å²) in [5.41, 5.74) is 1.15. The molecule has 0 saturated heterocycles. The summed E-state index contributed by atoms with van der Waals surface area (Å²) >= 11 is 7.49. The van der Waals surface area contributed by atoms with Crippen molar-refractivity contribution in [2.24, 2.45) is 0 Å². The van der Waals surface area contributed by atoms with Crippen molar-refractivity contribution in [1.29, 1.82) is 0 Å². The third kappa shape index (κ3) is 3.36. The molecule has 0 fully saturated rings. The predicted molar refractivity (Wildman–Crippen MR) is 79.6 cm³/mol. The number of nitrogens with zero attached hydrogens (tertiary/aromatic N) is 3. The van der Waals surface area contributed by atoms with Crippen LogP contribution in [0.1, 0.15) is 11.5 Å². The number of nitro groups is 1. The fourth-order valence-corrected chi connectivity index (χ4v) is 2.61. The van der Waals surface area contributed by atoms with Crippen LogP contribution in [0.5, 0.6) is 0 Å². The van der Waals surface area contributed by atoms with E-state index in [2.05, 4.69) is 33.7 Å². The van der Waals surface area contributed by atoms with E-state index in [4.69, 9.17) is 0 Å². The first-order valence-electron chi connectivity index (χ1n) is 5.65. The van der Waals surface area contributed by atoms with Crippen LogP contribution in [0.3, 0.4) is 0 Å². The van der Waals surface area contributed by atoms with Crippen LogP contribution in [0.2, 0.25) is 0 Å². The van der Waals surface area contributed by atoms with Gasteiger partial charge in [0.25, 0.3) is 0 Å². The minimum Gasteiger partial charge on any atom is -0.358 e. The van der Waals surface area contributed by atoms with E-state index in [1.807, 2.05) is 30.3 Å². The molecular weight excluding hydrogens is 330 g/mol. The first-order chi connectivity index (χ1) is 9.11. The highest BCUT2D eigenvalue weighted by Crippen LogP contribution is 2.25. The van der Waals surface area contributed by atoms with Gasteiger partial charge in [0, 0.05) is 5.92 Å². The molecule has 0 amide bonds. The Balaban J connectivity index is 2.19. The minimum absolute atomic E-state index is 0.161. The van der Waals surface area contributed by atoms with Crippen molar-refractivity contribution in [3.05, 3.63) is 56.7 Å². The second-order valence-electron chi connectivity index (χ2n) is 4.07. The second-order valence-corrected chi connectivity index (χ2v) is 5.29. The van der Waals surface area contributed by atoms with Crippen LogP contribution in [-0.4, -0.2) is 20.5 Å². The van der Waals surface area contributed by atoms with E-state index in [9.17, 15) is 10.1 Å². The molecule has 2 rings (SSSR count). The zero-order valence-corrected chi connectivity index (χ0v) is 12.4. The maximum Gasteiger partial charge on any atom is 0.404 e. The van der Waals surface area contributed by atoms with Crippen molar-refractivity contribution < 1.29 is 4.92 Å². The molecule has 0 radical (unpaired) electrons. The number of thiol groups is 1. The average molecular weight is 342 g/mol. The van der Waals surface area contributed by atoms with Gasteiger partial charge in [-0.2, -0.15) is 17.3 Å². The first kappa shape index (κ1) is 14.1. The van der Waals surface area contributed by atoms with E-state index in [-0.39, 0.29) is 11.7 Å². The van der Waals surface area contributed by atoms with Gasteiger partial charge in [-0.05, 0) is 32.2 Å². The molecular formula is C12H12BrN3O2S. The van der Waals surface area contributed by atoms with Gasteiger partial charge in [-0.3, -0.25) is 0 Å². The molecule has 7 heteroatoms. The van der Waals surface area contributed by atoms with Crippen LogP contribution >= 0.6 is 28.6 Å². The van der Waals surface area contributed by atoms with Crippen LogP contribution in [0.25, 0.3) is 0 Å². The largest absolute Gasteiger partial charge is 0.404 e. The van der Waals surface area contributed by atoms with E-state index in [1.165, 1.54) is 0 Å². The molecule has 0 saturated carbocycles. The number of rotatable bonds is 5. The Bertz CT molecular complexity index is 574. The lowest BCUT2D eigenvalue weighted by Gasteiger charge is -2.12. The highest BCUT2D eigenvalue weighted by atomic mass is 79.9. The Morgan fingerprint density at radius 1 is 1.42 bits per heavy atom. The summed E-state index contributed by atoms with van der Waals surface area (Å²) in [4.78, 5) is 10.2. The average Bonchev–Trinajstić information content (AvgIpc) is 2.78. The Morgan fingerprint density at radius 2 is 2.11 bits per heavy atom. The zero-order chi connectivity index (χ0) is 13.8. The Kier molecular flexibility index (Phi) is 4.60. The number of aromatic nitrogens is 2. The molecule has 19 heavy (non-hydrogen) atoms. The highest BCUT2D eigenvalue weighted by molar-refractivity contribution is 9.10. The van der Waals surface area contributed by atoms with Gasteiger partial charge in [0.1, 0.15) is 4.47 Å². The Hall–Kier alpha value is -1.34. The van der Waals surface area contributed by atoms with Crippen LogP contribution in [0, 0.1) is 10.1 Å². The Labute approximate surface area is 124 Å².